The number of hydrogen-bond donors (Lipinski definition) is 2. The summed E-state index contributed by atoms with van der Waals surface area (Å²) in [4.78, 5) is 15.9. The molecular formula is C12H11F2N3OS. The number of carbonyl (C=O) groups is 1. The first-order valence-electron chi connectivity index (χ1n) is 5.41. The van der Waals surface area contributed by atoms with Crippen molar-refractivity contribution in [3.05, 3.63) is 45.4 Å². The molecule has 0 unspecified atom stereocenters. The van der Waals surface area contributed by atoms with Crippen LogP contribution in [0.1, 0.15) is 21.1 Å². The Balaban J connectivity index is 2.10. The lowest BCUT2D eigenvalue weighted by molar-refractivity contribution is 0.0946. The van der Waals surface area contributed by atoms with Gasteiger partial charge in [0.2, 0.25) is 0 Å². The highest BCUT2D eigenvalue weighted by Crippen LogP contribution is 2.16. The lowest BCUT2D eigenvalue weighted by Crippen LogP contribution is -2.24. The highest BCUT2D eigenvalue weighted by Gasteiger charge is 2.15. The quantitative estimate of drug-likeness (QED) is 0.849. The summed E-state index contributed by atoms with van der Waals surface area (Å²) >= 11 is 1.45. The van der Waals surface area contributed by atoms with Crippen LogP contribution in [0.25, 0.3) is 0 Å². The predicted octanol–water partition coefficient (Wildman–Crippen LogP) is 2.24. The second-order valence-corrected chi connectivity index (χ2v) is 4.96. The van der Waals surface area contributed by atoms with E-state index in [1.165, 1.54) is 11.3 Å². The van der Waals surface area contributed by atoms with E-state index in [0.717, 1.165) is 11.1 Å². The van der Waals surface area contributed by atoms with Crippen LogP contribution in [0, 0.1) is 18.6 Å². The van der Waals surface area contributed by atoms with Crippen LogP contribution < -0.4 is 11.1 Å². The second kappa shape index (κ2) is 5.31. The van der Waals surface area contributed by atoms with Gasteiger partial charge in [0.15, 0.2) is 0 Å². The average molecular weight is 283 g/mol. The minimum atomic E-state index is -0.946. The van der Waals surface area contributed by atoms with Crippen LogP contribution in [0.5, 0.6) is 0 Å². The van der Waals surface area contributed by atoms with Crippen molar-refractivity contribution in [2.24, 2.45) is 0 Å². The molecule has 0 saturated heterocycles. The lowest BCUT2D eigenvalue weighted by Gasteiger charge is -2.06. The number of aryl methyl sites for hydroxylation is 1. The van der Waals surface area contributed by atoms with Crippen molar-refractivity contribution in [2.45, 2.75) is 13.5 Å². The molecule has 4 nitrogen and oxygen atoms in total. The molecule has 0 radical (unpaired) electrons. The third-order valence-electron chi connectivity index (χ3n) is 2.43. The minimum absolute atomic E-state index is 0.180. The molecule has 0 fully saturated rings. The minimum Gasteiger partial charge on any atom is -0.396 e. The Morgan fingerprint density at radius 3 is 2.79 bits per heavy atom. The third kappa shape index (κ3) is 3.05. The number of aromatic nitrogens is 1. The molecule has 0 aliphatic rings. The topological polar surface area (TPSA) is 68.0 Å². The fourth-order valence-corrected chi connectivity index (χ4v) is 2.11. The van der Waals surface area contributed by atoms with Gasteiger partial charge in [-0.15, -0.1) is 11.3 Å². The summed E-state index contributed by atoms with van der Waals surface area (Å²) in [7, 11) is 0. The summed E-state index contributed by atoms with van der Waals surface area (Å²) in [5.41, 5.74) is 5.44. The number of nitrogens with zero attached hydrogens (tertiary/aromatic N) is 1. The Hall–Kier alpha value is -2.02. The number of rotatable bonds is 3. The number of anilines is 1. The van der Waals surface area contributed by atoms with Crippen molar-refractivity contribution in [1.29, 1.82) is 0 Å². The number of nitrogens with two attached hydrogens (primary N) is 1. The van der Waals surface area contributed by atoms with E-state index in [2.05, 4.69) is 10.3 Å². The monoisotopic (exact) mass is 283 g/mol. The first-order valence-corrected chi connectivity index (χ1v) is 6.29. The van der Waals surface area contributed by atoms with Crippen molar-refractivity contribution in [1.82, 2.24) is 10.3 Å². The molecule has 1 aromatic carbocycles. The summed E-state index contributed by atoms with van der Waals surface area (Å²) in [5.74, 6) is -2.49. The predicted molar refractivity (Wildman–Crippen MR) is 68.8 cm³/mol. The highest BCUT2D eigenvalue weighted by molar-refractivity contribution is 7.09. The van der Waals surface area contributed by atoms with Gasteiger partial charge in [0.25, 0.3) is 5.91 Å². The normalized spacial score (nSPS) is 10.5. The fourth-order valence-electron chi connectivity index (χ4n) is 1.50. The van der Waals surface area contributed by atoms with E-state index < -0.39 is 17.5 Å². The largest absolute Gasteiger partial charge is 0.396 e. The third-order valence-corrected chi connectivity index (χ3v) is 3.25. The average Bonchev–Trinajstić information content (AvgIpc) is 2.77. The van der Waals surface area contributed by atoms with Crippen molar-refractivity contribution in [3.8, 4) is 0 Å². The Kier molecular flexibility index (Phi) is 3.75. The van der Waals surface area contributed by atoms with E-state index in [-0.39, 0.29) is 17.8 Å². The molecule has 0 saturated carbocycles. The molecule has 1 aromatic heterocycles. The molecule has 0 atom stereocenters. The Morgan fingerprint density at radius 1 is 1.42 bits per heavy atom. The molecule has 0 aliphatic heterocycles. The van der Waals surface area contributed by atoms with Gasteiger partial charge in [-0.25, -0.2) is 13.8 Å². The van der Waals surface area contributed by atoms with Crippen LogP contribution in [0.2, 0.25) is 0 Å². The van der Waals surface area contributed by atoms with Crippen molar-refractivity contribution in [3.63, 3.8) is 0 Å². The number of halogens is 2. The summed E-state index contributed by atoms with van der Waals surface area (Å²) in [5, 5.41) is 5.18. The maximum atomic E-state index is 13.4. The molecule has 100 valence electrons. The van der Waals surface area contributed by atoms with Crippen molar-refractivity contribution in [2.75, 3.05) is 5.73 Å². The van der Waals surface area contributed by atoms with Crippen LogP contribution in [-0.2, 0) is 6.54 Å². The number of thiazole rings is 1. The summed E-state index contributed by atoms with van der Waals surface area (Å²) in [6.45, 7) is 2.02. The van der Waals surface area contributed by atoms with E-state index in [1.54, 1.807) is 5.38 Å². The number of carbonyl (C=O) groups excluding carboxylic acids is 1. The van der Waals surface area contributed by atoms with E-state index in [0.29, 0.717) is 11.8 Å². The molecule has 7 heteroatoms. The molecule has 1 amide bonds. The molecule has 0 bridgehead atoms. The van der Waals surface area contributed by atoms with Crippen LogP contribution in [0.3, 0.4) is 0 Å². The highest BCUT2D eigenvalue weighted by atomic mass is 32.1. The molecule has 1 heterocycles. The van der Waals surface area contributed by atoms with E-state index in [9.17, 15) is 13.6 Å². The van der Waals surface area contributed by atoms with Gasteiger partial charge in [-0.1, -0.05) is 0 Å². The fraction of sp³-hybridized carbons (Fsp3) is 0.167. The first-order chi connectivity index (χ1) is 8.97. The molecule has 19 heavy (non-hydrogen) atoms. The Labute approximate surface area is 112 Å². The van der Waals surface area contributed by atoms with Crippen molar-refractivity contribution < 1.29 is 13.6 Å². The van der Waals surface area contributed by atoms with Gasteiger partial charge in [0.1, 0.15) is 11.6 Å². The van der Waals surface area contributed by atoms with Gasteiger partial charge in [-0.05, 0) is 13.0 Å². The maximum Gasteiger partial charge on any atom is 0.254 e. The van der Waals surface area contributed by atoms with Crippen LogP contribution in [0.15, 0.2) is 17.5 Å². The van der Waals surface area contributed by atoms with Gasteiger partial charge in [0.05, 0.1) is 28.5 Å². The zero-order valence-electron chi connectivity index (χ0n) is 10.0. The van der Waals surface area contributed by atoms with Gasteiger partial charge in [-0.3, -0.25) is 4.79 Å². The second-order valence-electron chi connectivity index (χ2n) is 3.89. The maximum absolute atomic E-state index is 13.4. The van der Waals surface area contributed by atoms with Crippen LogP contribution in [-0.4, -0.2) is 10.9 Å². The number of nitrogen functional groups attached to an aromatic ring is 1. The van der Waals surface area contributed by atoms with Gasteiger partial charge < -0.3 is 11.1 Å². The first kappa shape index (κ1) is 13.4. The zero-order chi connectivity index (χ0) is 14.0. The SMILES string of the molecule is Cc1nc(CNC(=O)c2cc(N)c(F)cc2F)cs1. The zero-order valence-corrected chi connectivity index (χ0v) is 10.9. The van der Waals surface area contributed by atoms with E-state index >= 15 is 0 Å². The van der Waals surface area contributed by atoms with Crippen molar-refractivity contribution >= 4 is 22.9 Å². The summed E-state index contributed by atoms with van der Waals surface area (Å²) in [6, 6.07) is 1.57. The number of amides is 1. The molecular weight excluding hydrogens is 272 g/mol. The van der Waals surface area contributed by atoms with Gasteiger partial charge in [0, 0.05) is 11.4 Å². The van der Waals surface area contributed by atoms with Crippen LogP contribution >= 0.6 is 11.3 Å². The van der Waals surface area contributed by atoms with E-state index in [1.807, 2.05) is 6.92 Å². The Bertz CT molecular complexity index is 627. The number of hydrogen-bond acceptors (Lipinski definition) is 4. The summed E-state index contributed by atoms with van der Waals surface area (Å²) < 4.78 is 26.4. The molecule has 2 aromatic rings. The van der Waals surface area contributed by atoms with Gasteiger partial charge in [-0.2, -0.15) is 0 Å². The lowest BCUT2D eigenvalue weighted by atomic mass is 10.1. The van der Waals surface area contributed by atoms with Gasteiger partial charge >= 0.3 is 0 Å². The molecule has 3 N–H and O–H groups in total. The smallest absolute Gasteiger partial charge is 0.254 e. The standard InChI is InChI=1S/C12H11F2N3OS/c1-6-17-7(5-19-6)4-16-12(18)8-2-11(15)10(14)3-9(8)13/h2-3,5H,4,15H2,1H3,(H,16,18). The molecule has 0 aliphatic carbocycles. The molecule has 2 rings (SSSR count). The summed E-state index contributed by atoms with van der Waals surface area (Å²) in [6.07, 6.45) is 0. The van der Waals surface area contributed by atoms with Crippen LogP contribution in [0.4, 0.5) is 14.5 Å². The molecule has 0 spiro atoms. The number of nitrogens with one attached hydrogen (secondary N) is 1. The van der Waals surface area contributed by atoms with E-state index in [4.69, 9.17) is 5.73 Å². The number of benzene rings is 1. The Morgan fingerprint density at radius 2 is 2.16 bits per heavy atom.